The van der Waals surface area contributed by atoms with Crippen LogP contribution in [0.5, 0.6) is 11.5 Å². The number of ether oxygens (including phenoxy) is 1. The molecule has 1 aliphatic heterocycles. The molecule has 0 saturated carbocycles. The van der Waals surface area contributed by atoms with Crippen molar-refractivity contribution in [2.75, 3.05) is 11.9 Å². The van der Waals surface area contributed by atoms with E-state index in [0.29, 0.717) is 28.9 Å². The van der Waals surface area contributed by atoms with Crippen molar-refractivity contribution in [3.8, 4) is 11.5 Å². The van der Waals surface area contributed by atoms with E-state index < -0.39 is 5.25 Å². The molecule has 6 nitrogen and oxygen atoms in total. The van der Waals surface area contributed by atoms with Crippen LogP contribution in [0.2, 0.25) is 0 Å². The number of benzene rings is 3. The lowest BCUT2D eigenvalue weighted by molar-refractivity contribution is -0.128. The van der Waals surface area contributed by atoms with Gasteiger partial charge in [-0.3, -0.25) is 14.5 Å². The summed E-state index contributed by atoms with van der Waals surface area (Å²) < 4.78 is 5.84. The van der Waals surface area contributed by atoms with Crippen molar-refractivity contribution >= 4 is 40.1 Å². The number of amides is 2. The zero-order valence-electron chi connectivity index (χ0n) is 19.4. The molecule has 3 aromatic rings. The minimum Gasteiger partial charge on any atom is -0.457 e. The molecule has 1 saturated heterocycles. The van der Waals surface area contributed by atoms with Crippen molar-refractivity contribution in [1.29, 1.82) is 0 Å². The molecule has 1 heterocycles. The van der Waals surface area contributed by atoms with E-state index in [0.717, 1.165) is 16.8 Å². The van der Waals surface area contributed by atoms with Gasteiger partial charge in [0.15, 0.2) is 5.17 Å². The number of aliphatic imine (C=N–C) groups is 1. The second kappa shape index (κ2) is 10.6. The van der Waals surface area contributed by atoms with E-state index >= 15 is 0 Å². The predicted octanol–water partition coefficient (Wildman–Crippen LogP) is 6.08. The number of nitrogens with one attached hydrogen (secondary N) is 1. The third-order valence-electron chi connectivity index (χ3n) is 5.23. The average molecular weight is 474 g/mol. The van der Waals surface area contributed by atoms with E-state index in [2.05, 4.69) is 11.4 Å². The molecule has 1 unspecified atom stereocenters. The lowest BCUT2D eigenvalue weighted by Crippen LogP contribution is -2.33. The molecule has 174 valence electrons. The third kappa shape index (κ3) is 5.85. The first kappa shape index (κ1) is 23.6. The fourth-order valence-corrected chi connectivity index (χ4v) is 5.01. The standard InChI is InChI=1S/C27H27N3O3S/c1-4-30-26(32)24(34-27(30)29-21-14-18(2)13-19(3)15-21)17-25(31)28-20-9-8-12-23(16-20)33-22-10-6-5-7-11-22/h5-16,24H,4,17H2,1-3H3,(H,28,31). The number of amidine groups is 1. The van der Waals surface area contributed by atoms with Crippen LogP contribution in [-0.2, 0) is 9.59 Å². The van der Waals surface area contributed by atoms with E-state index in [1.165, 1.54) is 11.8 Å². The van der Waals surface area contributed by atoms with Gasteiger partial charge in [-0.25, -0.2) is 4.99 Å². The Morgan fingerprint density at radius 1 is 1.00 bits per heavy atom. The summed E-state index contributed by atoms with van der Waals surface area (Å²) in [5.41, 5.74) is 3.66. The highest BCUT2D eigenvalue weighted by Crippen LogP contribution is 2.32. The molecule has 0 aliphatic carbocycles. The Kier molecular flexibility index (Phi) is 7.33. The van der Waals surface area contributed by atoms with Gasteiger partial charge in [0.25, 0.3) is 0 Å². The van der Waals surface area contributed by atoms with E-state index in [-0.39, 0.29) is 18.2 Å². The van der Waals surface area contributed by atoms with E-state index in [9.17, 15) is 9.59 Å². The Hall–Kier alpha value is -3.58. The summed E-state index contributed by atoms with van der Waals surface area (Å²) in [7, 11) is 0. The first-order valence-electron chi connectivity index (χ1n) is 11.2. The van der Waals surface area contributed by atoms with Crippen LogP contribution in [-0.4, -0.2) is 33.7 Å². The topological polar surface area (TPSA) is 71.0 Å². The fraction of sp³-hybridized carbons (Fsp3) is 0.222. The van der Waals surface area contributed by atoms with Gasteiger partial charge in [0.2, 0.25) is 11.8 Å². The molecule has 1 atom stereocenters. The zero-order valence-corrected chi connectivity index (χ0v) is 20.3. The molecule has 1 aliphatic rings. The number of aryl methyl sites for hydroxylation is 2. The van der Waals surface area contributed by atoms with Gasteiger partial charge < -0.3 is 10.1 Å². The van der Waals surface area contributed by atoms with Gasteiger partial charge in [-0.05, 0) is 68.3 Å². The number of hydrogen-bond acceptors (Lipinski definition) is 5. The van der Waals surface area contributed by atoms with Crippen molar-refractivity contribution in [3.63, 3.8) is 0 Å². The number of anilines is 1. The SMILES string of the molecule is CCN1C(=O)C(CC(=O)Nc2cccc(Oc3ccccc3)c2)SC1=Nc1cc(C)cc(C)c1. The third-order valence-corrected chi connectivity index (χ3v) is 6.41. The predicted molar refractivity (Wildman–Crippen MR) is 138 cm³/mol. The maximum absolute atomic E-state index is 12.9. The van der Waals surface area contributed by atoms with Crippen molar-refractivity contribution < 1.29 is 14.3 Å². The van der Waals surface area contributed by atoms with Gasteiger partial charge in [0.1, 0.15) is 16.7 Å². The Balaban J connectivity index is 1.42. The minimum absolute atomic E-state index is 0.0651. The monoisotopic (exact) mass is 473 g/mol. The maximum Gasteiger partial charge on any atom is 0.242 e. The highest BCUT2D eigenvalue weighted by Gasteiger charge is 2.38. The van der Waals surface area contributed by atoms with Crippen LogP contribution < -0.4 is 10.1 Å². The Morgan fingerprint density at radius 3 is 2.41 bits per heavy atom. The molecule has 0 radical (unpaired) electrons. The van der Waals surface area contributed by atoms with Crippen molar-refractivity contribution in [3.05, 3.63) is 83.9 Å². The van der Waals surface area contributed by atoms with Crippen molar-refractivity contribution in [2.24, 2.45) is 4.99 Å². The van der Waals surface area contributed by atoms with E-state index in [1.54, 1.807) is 17.0 Å². The summed E-state index contributed by atoms with van der Waals surface area (Å²) in [6, 6.07) is 22.7. The molecule has 1 N–H and O–H groups in total. The first-order chi connectivity index (χ1) is 16.4. The van der Waals surface area contributed by atoms with Crippen LogP contribution >= 0.6 is 11.8 Å². The number of thioether (sulfide) groups is 1. The Bertz CT molecular complexity index is 1210. The van der Waals surface area contributed by atoms with Crippen LogP contribution in [0, 0.1) is 13.8 Å². The number of hydrogen-bond donors (Lipinski definition) is 1. The van der Waals surface area contributed by atoms with Gasteiger partial charge >= 0.3 is 0 Å². The highest BCUT2D eigenvalue weighted by atomic mass is 32.2. The molecule has 1 fully saturated rings. The number of nitrogens with zero attached hydrogens (tertiary/aromatic N) is 2. The van der Waals surface area contributed by atoms with Crippen LogP contribution in [0.15, 0.2) is 77.8 Å². The van der Waals surface area contributed by atoms with Crippen LogP contribution in [0.1, 0.15) is 24.5 Å². The summed E-state index contributed by atoms with van der Waals surface area (Å²) in [6.45, 7) is 6.46. The van der Waals surface area contributed by atoms with Gasteiger partial charge in [-0.2, -0.15) is 0 Å². The largest absolute Gasteiger partial charge is 0.457 e. The fourth-order valence-electron chi connectivity index (χ4n) is 3.78. The minimum atomic E-state index is -0.506. The van der Waals surface area contributed by atoms with Gasteiger partial charge in [-0.15, -0.1) is 0 Å². The molecular formula is C27H27N3O3S. The number of carbonyl (C=O) groups is 2. The normalized spacial score (nSPS) is 16.7. The van der Waals surface area contributed by atoms with Crippen molar-refractivity contribution in [2.45, 2.75) is 32.4 Å². The quantitative estimate of drug-likeness (QED) is 0.452. The summed E-state index contributed by atoms with van der Waals surface area (Å²) in [4.78, 5) is 32.1. The van der Waals surface area contributed by atoms with E-state index in [1.807, 2.05) is 75.4 Å². The molecular weight excluding hydrogens is 446 g/mol. The highest BCUT2D eigenvalue weighted by molar-refractivity contribution is 8.15. The summed E-state index contributed by atoms with van der Waals surface area (Å²) in [5, 5.41) is 3.01. The van der Waals surface area contributed by atoms with Crippen LogP contribution in [0.4, 0.5) is 11.4 Å². The summed E-state index contributed by atoms with van der Waals surface area (Å²) in [5.74, 6) is 1.02. The van der Waals surface area contributed by atoms with Gasteiger partial charge in [0.05, 0.1) is 5.69 Å². The molecule has 34 heavy (non-hydrogen) atoms. The Morgan fingerprint density at radius 2 is 1.71 bits per heavy atom. The molecule has 0 bridgehead atoms. The first-order valence-corrected chi connectivity index (χ1v) is 12.1. The van der Waals surface area contributed by atoms with E-state index in [4.69, 9.17) is 9.73 Å². The number of carbonyl (C=O) groups excluding carboxylic acids is 2. The lowest BCUT2D eigenvalue weighted by atomic mass is 10.1. The summed E-state index contributed by atoms with van der Waals surface area (Å²) in [6.07, 6.45) is 0.0651. The molecule has 3 aromatic carbocycles. The zero-order chi connectivity index (χ0) is 24.1. The molecule has 2 amide bonds. The van der Waals surface area contributed by atoms with Gasteiger partial charge in [-0.1, -0.05) is 42.1 Å². The summed E-state index contributed by atoms with van der Waals surface area (Å²) >= 11 is 1.34. The molecule has 7 heteroatoms. The second-order valence-electron chi connectivity index (χ2n) is 8.12. The Labute approximate surface area is 204 Å². The molecule has 4 rings (SSSR count). The molecule has 0 aromatic heterocycles. The van der Waals surface area contributed by atoms with Crippen LogP contribution in [0.25, 0.3) is 0 Å². The number of rotatable bonds is 7. The van der Waals surface area contributed by atoms with Gasteiger partial charge in [0, 0.05) is 24.7 Å². The maximum atomic E-state index is 12.9. The average Bonchev–Trinajstić information content (AvgIpc) is 3.07. The molecule has 0 spiro atoms. The second-order valence-corrected chi connectivity index (χ2v) is 9.29. The van der Waals surface area contributed by atoms with Crippen LogP contribution in [0.3, 0.4) is 0 Å². The van der Waals surface area contributed by atoms with Crippen molar-refractivity contribution in [1.82, 2.24) is 4.90 Å². The lowest BCUT2D eigenvalue weighted by Gasteiger charge is -2.13. The number of para-hydroxylation sites is 1. The smallest absolute Gasteiger partial charge is 0.242 e.